The molecule has 2 heterocycles. The molecule has 0 fully saturated rings. The van der Waals surface area contributed by atoms with Gasteiger partial charge in [-0.05, 0) is 44.0 Å². The van der Waals surface area contributed by atoms with Gasteiger partial charge in [0.2, 0.25) is 0 Å². The smallest absolute Gasteiger partial charge is 0.264 e. The lowest BCUT2D eigenvalue weighted by Crippen LogP contribution is -2.26. The van der Waals surface area contributed by atoms with Crippen LogP contribution in [0.25, 0.3) is 0 Å². The molecule has 0 N–H and O–H groups in total. The number of halogens is 2. The summed E-state index contributed by atoms with van der Waals surface area (Å²) in [6.07, 6.45) is 3.42. The highest BCUT2D eigenvalue weighted by Crippen LogP contribution is 2.12. The zero-order valence-corrected chi connectivity index (χ0v) is 12.5. The van der Waals surface area contributed by atoms with E-state index in [1.54, 1.807) is 39.7 Å². The van der Waals surface area contributed by atoms with Gasteiger partial charge in [0.25, 0.3) is 11.1 Å². The average Bonchev–Trinajstić information content (AvgIpc) is 2.33. The van der Waals surface area contributed by atoms with Gasteiger partial charge >= 0.3 is 0 Å². The molecule has 0 bridgehead atoms. The molecule has 4 nitrogen and oxygen atoms in total. The van der Waals surface area contributed by atoms with Gasteiger partial charge in [0.1, 0.15) is 0 Å². The van der Waals surface area contributed by atoms with Crippen molar-refractivity contribution in [3.05, 3.63) is 66.3 Å². The predicted molar refractivity (Wildman–Crippen MR) is 76.8 cm³/mol. The topological polar surface area (TPSA) is 44.0 Å². The maximum atomic E-state index is 11.8. The predicted octanol–water partition coefficient (Wildman–Crippen LogP) is 2.24. The highest BCUT2D eigenvalue weighted by atomic mass is 79.9. The molecule has 94 valence electrons. The lowest BCUT2D eigenvalue weighted by molar-refractivity contribution is 0.550. The fourth-order valence-corrected chi connectivity index (χ4v) is 2.85. The normalized spacial score (nSPS) is 10.6. The van der Waals surface area contributed by atoms with Crippen molar-refractivity contribution >= 4 is 31.9 Å². The second kappa shape index (κ2) is 5.67. The van der Waals surface area contributed by atoms with Crippen molar-refractivity contribution in [2.24, 2.45) is 0 Å². The van der Waals surface area contributed by atoms with E-state index in [-0.39, 0.29) is 11.1 Å². The fraction of sp³-hybridized carbons (Fsp3) is 0.167. The van der Waals surface area contributed by atoms with Gasteiger partial charge in [-0.3, -0.25) is 9.59 Å². The summed E-state index contributed by atoms with van der Waals surface area (Å²) in [5, 5.41) is 0. The zero-order chi connectivity index (χ0) is 13.1. The molecule has 0 unspecified atom stereocenters. The maximum Gasteiger partial charge on any atom is 0.264 e. The Labute approximate surface area is 120 Å². The minimum Gasteiger partial charge on any atom is -0.314 e. The van der Waals surface area contributed by atoms with Crippen molar-refractivity contribution in [2.75, 3.05) is 0 Å². The van der Waals surface area contributed by atoms with Crippen LogP contribution < -0.4 is 11.1 Å². The molecule has 2 rings (SSSR count). The highest BCUT2D eigenvalue weighted by Gasteiger charge is 2.03. The van der Waals surface area contributed by atoms with Gasteiger partial charge in [-0.1, -0.05) is 6.07 Å². The second-order valence-electron chi connectivity index (χ2n) is 3.74. The van der Waals surface area contributed by atoms with Crippen molar-refractivity contribution in [3.63, 3.8) is 0 Å². The van der Waals surface area contributed by atoms with Gasteiger partial charge < -0.3 is 9.13 Å². The molecule has 0 radical (unpaired) electrons. The molecule has 0 aliphatic heterocycles. The first-order chi connectivity index (χ1) is 8.58. The van der Waals surface area contributed by atoms with Crippen LogP contribution >= 0.6 is 31.9 Å². The largest absolute Gasteiger partial charge is 0.314 e. The van der Waals surface area contributed by atoms with Crippen LogP contribution in [0, 0.1) is 0 Å². The summed E-state index contributed by atoms with van der Waals surface area (Å²) in [4.78, 5) is 23.4. The minimum atomic E-state index is -0.109. The molecule has 0 spiro atoms. The fourth-order valence-electron chi connectivity index (χ4n) is 1.59. The number of aromatic nitrogens is 2. The summed E-state index contributed by atoms with van der Waals surface area (Å²) in [7, 11) is 0. The van der Waals surface area contributed by atoms with Crippen LogP contribution in [0.4, 0.5) is 0 Å². The van der Waals surface area contributed by atoms with E-state index < -0.39 is 0 Å². The number of hydrogen-bond donors (Lipinski definition) is 0. The van der Waals surface area contributed by atoms with Crippen LogP contribution in [-0.2, 0) is 13.1 Å². The van der Waals surface area contributed by atoms with E-state index in [1.165, 1.54) is 6.07 Å². The summed E-state index contributed by atoms with van der Waals surface area (Å²) in [5.41, 5.74) is -0.179. The summed E-state index contributed by atoms with van der Waals surface area (Å²) < 4.78 is 4.45. The Hall–Kier alpha value is -1.14. The molecular weight excluding hydrogens is 364 g/mol. The number of nitrogens with zero attached hydrogens (tertiary/aromatic N) is 2. The van der Waals surface area contributed by atoms with Gasteiger partial charge in [-0.25, -0.2) is 0 Å². The van der Waals surface area contributed by atoms with Crippen molar-refractivity contribution < 1.29 is 0 Å². The molecule has 0 aliphatic carbocycles. The summed E-state index contributed by atoms with van der Waals surface area (Å²) in [6.45, 7) is 0.906. The number of pyridine rings is 2. The lowest BCUT2D eigenvalue weighted by atomic mass is 10.4. The Bertz CT molecular complexity index is 676. The standard InChI is InChI=1S/C12H10Br2N2O2/c13-9-7-10(14)12(18)16(8-9)6-5-15-4-2-1-3-11(15)17/h1-4,7-8H,5-6H2. The van der Waals surface area contributed by atoms with Crippen LogP contribution in [0.5, 0.6) is 0 Å². The monoisotopic (exact) mass is 372 g/mol. The zero-order valence-electron chi connectivity index (χ0n) is 9.35. The Morgan fingerprint density at radius 1 is 1.06 bits per heavy atom. The summed E-state index contributed by atoms with van der Waals surface area (Å²) >= 11 is 6.54. The third-order valence-corrected chi connectivity index (χ3v) is 3.49. The van der Waals surface area contributed by atoms with E-state index in [0.717, 1.165) is 4.47 Å². The number of aryl methyl sites for hydroxylation is 2. The van der Waals surface area contributed by atoms with Crippen molar-refractivity contribution in [1.29, 1.82) is 0 Å². The number of hydrogen-bond acceptors (Lipinski definition) is 2. The van der Waals surface area contributed by atoms with Gasteiger partial charge in [-0.2, -0.15) is 0 Å². The minimum absolute atomic E-state index is 0.0698. The molecule has 0 saturated heterocycles. The van der Waals surface area contributed by atoms with Crippen molar-refractivity contribution in [1.82, 2.24) is 9.13 Å². The van der Waals surface area contributed by atoms with Gasteiger partial charge in [0.15, 0.2) is 0 Å². The van der Waals surface area contributed by atoms with E-state index in [2.05, 4.69) is 31.9 Å². The second-order valence-corrected chi connectivity index (χ2v) is 5.51. The third kappa shape index (κ3) is 3.00. The van der Waals surface area contributed by atoms with Crippen molar-refractivity contribution in [3.8, 4) is 0 Å². The van der Waals surface area contributed by atoms with Crippen molar-refractivity contribution in [2.45, 2.75) is 13.1 Å². The number of rotatable bonds is 3. The van der Waals surface area contributed by atoms with Crippen LogP contribution in [0.3, 0.4) is 0 Å². The van der Waals surface area contributed by atoms with Gasteiger partial charge in [-0.15, -0.1) is 0 Å². The molecule has 0 atom stereocenters. The quantitative estimate of drug-likeness (QED) is 0.828. The molecule has 0 amide bonds. The summed E-state index contributed by atoms with van der Waals surface area (Å²) in [6, 6.07) is 6.69. The SMILES string of the molecule is O=c1ccccn1CCn1cc(Br)cc(Br)c1=O. The Balaban J connectivity index is 2.24. The Morgan fingerprint density at radius 3 is 2.50 bits per heavy atom. The molecule has 0 aromatic carbocycles. The first-order valence-electron chi connectivity index (χ1n) is 5.29. The van der Waals surface area contributed by atoms with Crippen LogP contribution in [0.2, 0.25) is 0 Å². The third-order valence-electron chi connectivity index (χ3n) is 2.49. The molecular formula is C12H10Br2N2O2. The van der Waals surface area contributed by atoms with E-state index in [0.29, 0.717) is 17.6 Å². The van der Waals surface area contributed by atoms with E-state index >= 15 is 0 Å². The molecule has 2 aromatic heterocycles. The Morgan fingerprint density at radius 2 is 1.78 bits per heavy atom. The first-order valence-corrected chi connectivity index (χ1v) is 6.87. The van der Waals surface area contributed by atoms with Gasteiger partial charge in [0, 0.05) is 36.0 Å². The summed E-state index contributed by atoms with van der Waals surface area (Å²) in [5.74, 6) is 0. The van der Waals surface area contributed by atoms with Crippen LogP contribution in [-0.4, -0.2) is 9.13 Å². The van der Waals surface area contributed by atoms with E-state index in [1.807, 2.05) is 0 Å². The molecule has 2 aromatic rings. The van der Waals surface area contributed by atoms with E-state index in [9.17, 15) is 9.59 Å². The highest BCUT2D eigenvalue weighted by molar-refractivity contribution is 9.11. The molecule has 0 saturated carbocycles. The Kier molecular flexibility index (Phi) is 4.19. The molecule has 18 heavy (non-hydrogen) atoms. The van der Waals surface area contributed by atoms with Crippen LogP contribution in [0.1, 0.15) is 0 Å². The lowest BCUT2D eigenvalue weighted by Gasteiger charge is -2.08. The first kappa shape index (κ1) is 13.3. The van der Waals surface area contributed by atoms with Crippen LogP contribution in [0.15, 0.2) is 55.2 Å². The van der Waals surface area contributed by atoms with E-state index in [4.69, 9.17) is 0 Å². The molecule has 6 heteroatoms. The van der Waals surface area contributed by atoms with Gasteiger partial charge in [0.05, 0.1) is 4.47 Å². The maximum absolute atomic E-state index is 11.8. The molecule has 0 aliphatic rings. The average molecular weight is 374 g/mol.